The summed E-state index contributed by atoms with van der Waals surface area (Å²) in [4.78, 5) is 28.6. The van der Waals surface area contributed by atoms with Gasteiger partial charge in [-0.3, -0.25) is 9.59 Å². The fraction of sp³-hybridized carbons (Fsp3) is 0.579. The minimum Gasteiger partial charge on any atom is -0.341 e. The van der Waals surface area contributed by atoms with E-state index in [0.717, 1.165) is 44.3 Å². The van der Waals surface area contributed by atoms with Crippen LogP contribution in [0.15, 0.2) is 24.3 Å². The van der Waals surface area contributed by atoms with Gasteiger partial charge in [0.2, 0.25) is 11.8 Å². The number of hydrogen-bond donors (Lipinski definition) is 0. The first kappa shape index (κ1) is 16.0. The van der Waals surface area contributed by atoms with Gasteiger partial charge in [0.05, 0.1) is 6.42 Å². The summed E-state index contributed by atoms with van der Waals surface area (Å²) in [5.74, 6) is 0.749. The highest BCUT2D eigenvalue weighted by Gasteiger charge is 2.34. The number of rotatable bonds is 4. The molecular weight excluding hydrogens is 288 g/mol. The van der Waals surface area contributed by atoms with E-state index >= 15 is 0 Å². The molecule has 1 saturated carbocycles. The van der Waals surface area contributed by atoms with Crippen molar-refractivity contribution in [3.63, 3.8) is 0 Å². The molecule has 2 aliphatic rings. The number of carbonyl (C=O) groups is 2. The Hall–Kier alpha value is -1.84. The summed E-state index contributed by atoms with van der Waals surface area (Å²) < 4.78 is 0. The minimum atomic E-state index is 0.176. The predicted molar refractivity (Wildman–Crippen MR) is 90.0 cm³/mol. The average molecular weight is 314 g/mol. The fourth-order valence-corrected chi connectivity index (χ4v) is 3.15. The van der Waals surface area contributed by atoms with E-state index in [4.69, 9.17) is 0 Å². The minimum absolute atomic E-state index is 0.176. The van der Waals surface area contributed by atoms with E-state index in [9.17, 15) is 9.59 Å². The Morgan fingerprint density at radius 3 is 2.22 bits per heavy atom. The molecule has 0 bridgehead atoms. The molecule has 2 fully saturated rings. The average Bonchev–Trinajstić information content (AvgIpc) is 3.41. The summed E-state index contributed by atoms with van der Waals surface area (Å²) >= 11 is 0. The number of benzene rings is 1. The Morgan fingerprint density at radius 2 is 1.57 bits per heavy atom. The Balaban J connectivity index is 1.53. The monoisotopic (exact) mass is 314 g/mol. The first-order valence-electron chi connectivity index (χ1n) is 8.81. The number of amides is 2. The van der Waals surface area contributed by atoms with Crippen LogP contribution in [0.2, 0.25) is 0 Å². The van der Waals surface area contributed by atoms with Crippen LogP contribution < -0.4 is 0 Å². The quantitative estimate of drug-likeness (QED) is 0.855. The van der Waals surface area contributed by atoms with Crippen LogP contribution in [0.5, 0.6) is 0 Å². The third-order valence-corrected chi connectivity index (χ3v) is 4.87. The van der Waals surface area contributed by atoms with Gasteiger partial charge in [0.15, 0.2) is 0 Å². The molecule has 1 heterocycles. The summed E-state index contributed by atoms with van der Waals surface area (Å²) in [6.07, 6.45) is 4.46. The van der Waals surface area contributed by atoms with Crippen molar-refractivity contribution in [1.29, 1.82) is 0 Å². The van der Waals surface area contributed by atoms with Gasteiger partial charge in [-0.1, -0.05) is 31.2 Å². The van der Waals surface area contributed by atoms with Crippen molar-refractivity contribution in [2.45, 2.75) is 39.0 Å². The van der Waals surface area contributed by atoms with Crippen LogP contribution in [0, 0.1) is 5.92 Å². The molecule has 1 aliphatic heterocycles. The van der Waals surface area contributed by atoms with Gasteiger partial charge in [-0.05, 0) is 36.8 Å². The third kappa shape index (κ3) is 4.12. The van der Waals surface area contributed by atoms with Gasteiger partial charge in [-0.2, -0.15) is 0 Å². The molecule has 2 amide bonds. The lowest BCUT2D eigenvalue weighted by Crippen LogP contribution is -2.38. The SMILES string of the molecule is CCc1ccc(CC(=O)N2CCCN(C(=O)C3CC3)CC2)cc1. The van der Waals surface area contributed by atoms with Crippen molar-refractivity contribution in [2.24, 2.45) is 5.92 Å². The second kappa shape index (κ2) is 7.16. The number of hydrogen-bond acceptors (Lipinski definition) is 2. The van der Waals surface area contributed by atoms with Gasteiger partial charge in [-0.15, -0.1) is 0 Å². The first-order chi connectivity index (χ1) is 11.2. The normalized spacial score (nSPS) is 18.7. The topological polar surface area (TPSA) is 40.6 Å². The van der Waals surface area contributed by atoms with Crippen LogP contribution >= 0.6 is 0 Å². The molecule has 0 N–H and O–H groups in total. The van der Waals surface area contributed by atoms with Crippen LogP contribution in [-0.2, 0) is 22.4 Å². The van der Waals surface area contributed by atoms with Crippen molar-refractivity contribution >= 4 is 11.8 Å². The summed E-state index contributed by atoms with van der Waals surface area (Å²) in [5, 5.41) is 0. The summed E-state index contributed by atoms with van der Waals surface area (Å²) in [5.41, 5.74) is 2.37. The molecule has 0 spiro atoms. The predicted octanol–water partition coefficient (Wildman–Crippen LogP) is 2.26. The van der Waals surface area contributed by atoms with Crippen LogP contribution in [0.1, 0.15) is 37.3 Å². The van der Waals surface area contributed by atoms with Gasteiger partial charge in [0.1, 0.15) is 0 Å². The van der Waals surface area contributed by atoms with E-state index in [2.05, 4.69) is 31.2 Å². The van der Waals surface area contributed by atoms with Gasteiger partial charge < -0.3 is 9.80 Å². The molecule has 0 atom stereocenters. The Morgan fingerprint density at radius 1 is 0.957 bits per heavy atom. The number of nitrogens with zero attached hydrogens (tertiary/aromatic N) is 2. The molecule has 0 aromatic heterocycles. The second-order valence-corrected chi connectivity index (χ2v) is 6.68. The van der Waals surface area contributed by atoms with E-state index in [0.29, 0.717) is 25.4 Å². The van der Waals surface area contributed by atoms with Crippen LogP contribution in [0.25, 0.3) is 0 Å². The number of carbonyl (C=O) groups excluding carboxylic acids is 2. The Bertz CT molecular complexity index is 563. The molecule has 0 radical (unpaired) electrons. The standard InChI is InChI=1S/C19H26N2O2/c1-2-15-4-6-16(7-5-15)14-18(22)20-10-3-11-21(13-12-20)19(23)17-8-9-17/h4-7,17H,2-3,8-14H2,1H3. The lowest BCUT2D eigenvalue weighted by atomic mass is 10.1. The van der Waals surface area contributed by atoms with Crippen LogP contribution in [0.4, 0.5) is 0 Å². The van der Waals surface area contributed by atoms with E-state index in [1.807, 2.05) is 9.80 Å². The molecular formula is C19H26N2O2. The van der Waals surface area contributed by atoms with Crippen molar-refractivity contribution in [1.82, 2.24) is 9.80 Å². The molecule has 1 aromatic carbocycles. The largest absolute Gasteiger partial charge is 0.341 e. The van der Waals surface area contributed by atoms with Crippen molar-refractivity contribution < 1.29 is 9.59 Å². The summed E-state index contributed by atoms with van der Waals surface area (Å²) in [6.45, 7) is 5.05. The Kier molecular flexibility index (Phi) is 4.99. The second-order valence-electron chi connectivity index (χ2n) is 6.68. The van der Waals surface area contributed by atoms with Gasteiger partial charge in [0, 0.05) is 32.1 Å². The molecule has 4 heteroatoms. The molecule has 124 valence electrons. The maximum absolute atomic E-state index is 12.5. The smallest absolute Gasteiger partial charge is 0.227 e. The maximum Gasteiger partial charge on any atom is 0.227 e. The summed E-state index contributed by atoms with van der Waals surface area (Å²) in [7, 11) is 0. The summed E-state index contributed by atoms with van der Waals surface area (Å²) in [6, 6.07) is 8.30. The van der Waals surface area contributed by atoms with Crippen molar-refractivity contribution in [3.05, 3.63) is 35.4 Å². The van der Waals surface area contributed by atoms with Crippen molar-refractivity contribution in [2.75, 3.05) is 26.2 Å². The zero-order valence-electron chi connectivity index (χ0n) is 14.0. The first-order valence-corrected chi connectivity index (χ1v) is 8.81. The highest BCUT2D eigenvalue weighted by atomic mass is 16.2. The maximum atomic E-state index is 12.5. The molecule has 1 saturated heterocycles. The van der Waals surface area contributed by atoms with E-state index in [-0.39, 0.29) is 11.8 Å². The fourth-order valence-electron chi connectivity index (χ4n) is 3.15. The van der Waals surface area contributed by atoms with Gasteiger partial charge >= 0.3 is 0 Å². The highest BCUT2D eigenvalue weighted by molar-refractivity contribution is 5.81. The van der Waals surface area contributed by atoms with E-state index in [1.54, 1.807) is 0 Å². The number of aryl methyl sites for hydroxylation is 1. The van der Waals surface area contributed by atoms with Gasteiger partial charge in [-0.25, -0.2) is 0 Å². The molecule has 0 unspecified atom stereocenters. The molecule has 1 aromatic rings. The molecule has 3 rings (SSSR count). The van der Waals surface area contributed by atoms with Gasteiger partial charge in [0.25, 0.3) is 0 Å². The van der Waals surface area contributed by atoms with E-state index < -0.39 is 0 Å². The molecule has 4 nitrogen and oxygen atoms in total. The highest BCUT2D eigenvalue weighted by Crippen LogP contribution is 2.31. The van der Waals surface area contributed by atoms with Crippen LogP contribution in [0.3, 0.4) is 0 Å². The van der Waals surface area contributed by atoms with Crippen molar-refractivity contribution in [3.8, 4) is 0 Å². The zero-order valence-corrected chi connectivity index (χ0v) is 14.0. The molecule has 23 heavy (non-hydrogen) atoms. The third-order valence-electron chi connectivity index (χ3n) is 4.87. The zero-order chi connectivity index (χ0) is 16.2. The van der Waals surface area contributed by atoms with E-state index in [1.165, 1.54) is 5.56 Å². The van der Waals surface area contributed by atoms with Crippen LogP contribution in [-0.4, -0.2) is 47.8 Å². The Labute approximate surface area is 138 Å². The lowest BCUT2D eigenvalue weighted by molar-refractivity contribution is -0.134. The lowest BCUT2D eigenvalue weighted by Gasteiger charge is -2.22. The molecule has 1 aliphatic carbocycles.